The molecule has 0 rings (SSSR count). The molecule has 0 heterocycles. The van der Waals surface area contributed by atoms with Gasteiger partial charge in [-0.3, -0.25) is 0 Å². The summed E-state index contributed by atoms with van der Waals surface area (Å²) in [6.45, 7) is 9.05. The smallest absolute Gasteiger partial charge is 0.341 e. The van der Waals surface area contributed by atoms with E-state index in [2.05, 4.69) is 17.9 Å². The average molecular weight is 238 g/mol. The molecule has 0 saturated heterocycles. The van der Waals surface area contributed by atoms with Gasteiger partial charge in [0.2, 0.25) is 0 Å². The molecule has 5 heteroatoms. The number of allylic oxidation sites excluding steroid dienone is 2. The molecule has 5 nitrogen and oxygen atoms in total. The van der Waals surface area contributed by atoms with E-state index in [0.29, 0.717) is 0 Å². The predicted molar refractivity (Wildman–Crippen MR) is 62.2 cm³/mol. The van der Waals surface area contributed by atoms with E-state index in [-0.39, 0.29) is 22.7 Å². The zero-order chi connectivity index (χ0) is 13.6. The molecule has 0 atom stereocenters. The normalized spacial score (nSPS) is 11.9. The molecule has 92 valence electrons. The first-order valence-electron chi connectivity index (χ1n) is 4.63. The summed E-state index contributed by atoms with van der Waals surface area (Å²) in [6.07, 6.45) is 2.14. The van der Waals surface area contributed by atoms with Gasteiger partial charge in [-0.1, -0.05) is 13.2 Å². The summed E-state index contributed by atoms with van der Waals surface area (Å²) < 4.78 is 4.46. The van der Waals surface area contributed by atoms with Crippen molar-refractivity contribution in [1.82, 2.24) is 0 Å². The molecule has 0 aliphatic carbocycles. The van der Waals surface area contributed by atoms with E-state index in [1.165, 1.54) is 13.8 Å². The monoisotopic (exact) mass is 238 g/mol. The van der Waals surface area contributed by atoms with Crippen molar-refractivity contribution < 1.29 is 24.5 Å². The van der Waals surface area contributed by atoms with Gasteiger partial charge in [-0.05, 0) is 26.0 Å². The van der Waals surface area contributed by atoms with Crippen LogP contribution in [-0.4, -0.2) is 22.2 Å². The van der Waals surface area contributed by atoms with Crippen LogP contribution >= 0.6 is 0 Å². The van der Waals surface area contributed by atoms with Gasteiger partial charge >= 0.3 is 11.9 Å². The third-order valence-corrected chi connectivity index (χ3v) is 1.60. The molecule has 0 unspecified atom stereocenters. The lowest BCUT2D eigenvalue weighted by Crippen LogP contribution is -2.14. The summed E-state index contributed by atoms with van der Waals surface area (Å²) in [5, 5.41) is 17.6. The number of rotatable bonds is 4. The molecule has 0 aromatic carbocycles. The van der Waals surface area contributed by atoms with Crippen molar-refractivity contribution in [2.45, 2.75) is 13.8 Å². The summed E-state index contributed by atoms with van der Waals surface area (Å²) in [5.41, 5.74) is 0.0583. The molecule has 17 heavy (non-hydrogen) atoms. The first-order chi connectivity index (χ1) is 7.73. The average Bonchev–Trinajstić information content (AvgIpc) is 2.15. The predicted octanol–water partition coefficient (Wildman–Crippen LogP) is 2.09. The highest BCUT2D eigenvalue weighted by Crippen LogP contribution is 2.05. The minimum absolute atomic E-state index is 0.0291. The van der Waals surface area contributed by atoms with Gasteiger partial charge in [-0.25, -0.2) is 9.59 Å². The minimum Gasteiger partial charge on any atom is -0.509 e. The number of hydrogen-bond acceptors (Lipinski definition) is 5. The van der Waals surface area contributed by atoms with Crippen LogP contribution in [0.5, 0.6) is 0 Å². The first-order valence-corrected chi connectivity index (χ1v) is 4.63. The van der Waals surface area contributed by atoms with Crippen LogP contribution in [0.2, 0.25) is 0 Å². The number of carbonyl (C=O) groups is 2. The largest absolute Gasteiger partial charge is 0.509 e. The molecule has 0 radical (unpaired) electrons. The molecular weight excluding hydrogens is 224 g/mol. The summed E-state index contributed by atoms with van der Waals surface area (Å²) in [5.74, 6) is -2.44. The van der Waals surface area contributed by atoms with Crippen molar-refractivity contribution >= 4 is 11.9 Å². The quantitative estimate of drug-likeness (QED) is 0.257. The molecule has 0 amide bonds. The van der Waals surface area contributed by atoms with E-state index in [1.54, 1.807) is 0 Å². The van der Waals surface area contributed by atoms with Crippen molar-refractivity contribution in [3.05, 3.63) is 48.0 Å². The Balaban J connectivity index is 4.67. The molecular formula is C12H14O5. The molecule has 0 aliphatic heterocycles. The van der Waals surface area contributed by atoms with Crippen LogP contribution in [0.3, 0.4) is 0 Å². The Morgan fingerprint density at radius 3 is 1.47 bits per heavy atom. The van der Waals surface area contributed by atoms with E-state index in [0.717, 1.165) is 12.2 Å². The SMILES string of the molecule is C=C(O)C=C(C)C(=O)OC(=O)C(C)=CC(=C)O. The Morgan fingerprint density at radius 2 is 1.24 bits per heavy atom. The Labute approximate surface area is 99.0 Å². The third-order valence-electron chi connectivity index (χ3n) is 1.60. The summed E-state index contributed by atoms with van der Waals surface area (Å²) in [7, 11) is 0. The number of hydrogen-bond donors (Lipinski definition) is 2. The molecule has 0 aromatic rings. The maximum atomic E-state index is 11.3. The molecule has 2 N–H and O–H groups in total. The first kappa shape index (κ1) is 14.7. The van der Waals surface area contributed by atoms with Crippen LogP contribution in [0.25, 0.3) is 0 Å². The molecule has 0 spiro atoms. The Kier molecular flexibility index (Phi) is 5.46. The van der Waals surface area contributed by atoms with Gasteiger partial charge in [0, 0.05) is 11.1 Å². The van der Waals surface area contributed by atoms with Gasteiger partial charge in [0.25, 0.3) is 0 Å². The zero-order valence-electron chi connectivity index (χ0n) is 9.69. The summed E-state index contributed by atoms with van der Waals surface area (Å²) in [6, 6.07) is 0. The van der Waals surface area contributed by atoms with Crippen LogP contribution in [-0.2, 0) is 14.3 Å². The van der Waals surface area contributed by atoms with Crippen LogP contribution in [0.15, 0.2) is 48.0 Å². The highest BCUT2D eigenvalue weighted by atomic mass is 16.6. The fourth-order valence-corrected chi connectivity index (χ4v) is 0.863. The topological polar surface area (TPSA) is 83.8 Å². The van der Waals surface area contributed by atoms with Crippen molar-refractivity contribution in [3.8, 4) is 0 Å². The second-order valence-electron chi connectivity index (χ2n) is 3.31. The zero-order valence-corrected chi connectivity index (χ0v) is 9.69. The van der Waals surface area contributed by atoms with Crippen LogP contribution < -0.4 is 0 Å². The van der Waals surface area contributed by atoms with Gasteiger partial charge in [-0.2, -0.15) is 0 Å². The maximum absolute atomic E-state index is 11.3. The minimum atomic E-state index is -0.901. The number of ether oxygens (including phenoxy) is 1. The van der Waals surface area contributed by atoms with E-state index < -0.39 is 11.9 Å². The van der Waals surface area contributed by atoms with Crippen molar-refractivity contribution in [2.75, 3.05) is 0 Å². The van der Waals surface area contributed by atoms with E-state index in [4.69, 9.17) is 10.2 Å². The molecule has 0 saturated carbocycles. The lowest BCUT2D eigenvalue weighted by molar-refractivity contribution is -0.154. The highest BCUT2D eigenvalue weighted by molar-refractivity contribution is 6.01. The van der Waals surface area contributed by atoms with Crippen molar-refractivity contribution in [3.63, 3.8) is 0 Å². The van der Waals surface area contributed by atoms with E-state index >= 15 is 0 Å². The Bertz CT molecular complexity index is 386. The summed E-state index contributed by atoms with van der Waals surface area (Å²) in [4.78, 5) is 22.6. The lowest BCUT2D eigenvalue weighted by Gasteiger charge is -2.03. The Hall–Kier alpha value is -2.30. The van der Waals surface area contributed by atoms with Crippen molar-refractivity contribution in [1.29, 1.82) is 0 Å². The molecule has 0 aliphatic rings. The van der Waals surface area contributed by atoms with Crippen LogP contribution in [0, 0.1) is 0 Å². The van der Waals surface area contributed by atoms with Crippen LogP contribution in [0.4, 0.5) is 0 Å². The number of aliphatic hydroxyl groups excluding tert-OH is 2. The number of esters is 2. The summed E-state index contributed by atoms with van der Waals surface area (Å²) >= 11 is 0. The lowest BCUT2D eigenvalue weighted by atomic mass is 10.2. The third kappa shape index (κ3) is 5.99. The molecule has 0 bridgehead atoms. The fourth-order valence-electron chi connectivity index (χ4n) is 0.863. The number of aliphatic hydroxyl groups is 2. The number of carbonyl (C=O) groups excluding carboxylic acids is 2. The maximum Gasteiger partial charge on any atom is 0.341 e. The van der Waals surface area contributed by atoms with Gasteiger partial charge in [0.05, 0.1) is 0 Å². The second kappa shape index (κ2) is 6.32. The molecule has 0 fully saturated rings. The van der Waals surface area contributed by atoms with Crippen molar-refractivity contribution in [2.24, 2.45) is 0 Å². The van der Waals surface area contributed by atoms with Gasteiger partial charge < -0.3 is 14.9 Å². The molecule has 0 aromatic heterocycles. The van der Waals surface area contributed by atoms with Crippen LogP contribution in [0.1, 0.15) is 13.8 Å². The van der Waals surface area contributed by atoms with Gasteiger partial charge in [-0.15, -0.1) is 0 Å². The van der Waals surface area contributed by atoms with Gasteiger partial charge in [0.15, 0.2) is 0 Å². The van der Waals surface area contributed by atoms with E-state index in [1.807, 2.05) is 0 Å². The second-order valence-corrected chi connectivity index (χ2v) is 3.31. The van der Waals surface area contributed by atoms with E-state index in [9.17, 15) is 9.59 Å². The standard InChI is InChI=1S/C12H14O5/c1-7(5-9(3)13)11(15)17-12(16)8(2)6-10(4)14/h5-6,13-14H,3-4H2,1-2H3. The van der Waals surface area contributed by atoms with Gasteiger partial charge in [0.1, 0.15) is 11.5 Å². The highest BCUT2D eigenvalue weighted by Gasteiger charge is 2.14. The fraction of sp³-hybridized carbons (Fsp3) is 0.167. The Morgan fingerprint density at radius 1 is 0.941 bits per heavy atom.